The predicted octanol–water partition coefficient (Wildman–Crippen LogP) is 3.18. The zero-order valence-electron chi connectivity index (χ0n) is 11.7. The Morgan fingerprint density at radius 2 is 2.19 bits per heavy atom. The van der Waals surface area contributed by atoms with E-state index in [2.05, 4.69) is 5.32 Å². The summed E-state index contributed by atoms with van der Waals surface area (Å²) in [5.74, 6) is 0.276. The number of aryl methyl sites for hydroxylation is 1. The van der Waals surface area contributed by atoms with Gasteiger partial charge in [0.15, 0.2) is 0 Å². The number of hydrogen-bond donors (Lipinski definition) is 2. The number of ether oxygens (including phenoxy) is 1. The molecule has 0 bridgehead atoms. The molecule has 0 saturated carbocycles. The molecule has 1 amide bonds. The summed E-state index contributed by atoms with van der Waals surface area (Å²) >= 11 is 7.36. The Morgan fingerprint density at radius 3 is 2.86 bits per heavy atom. The number of aliphatic hydroxyl groups is 1. The van der Waals surface area contributed by atoms with E-state index in [-0.39, 0.29) is 12.5 Å². The van der Waals surface area contributed by atoms with Gasteiger partial charge in [0, 0.05) is 22.0 Å². The maximum atomic E-state index is 12.1. The number of methoxy groups -OCH3 is 1. The third-order valence-corrected chi connectivity index (χ3v) is 4.34. The fraction of sp³-hybridized carbons (Fsp3) is 0.267. The number of aliphatic hydroxyl groups excluding tert-OH is 1. The van der Waals surface area contributed by atoms with Crippen molar-refractivity contribution in [3.63, 3.8) is 0 Å². The van der Waals surface area contributed by atoms with Gasteiger partial charge in [0.05, 0.1) is 13.2 Å². The molecule has 1 aromatic carbocycles. The van der Waals surface area contributed by atoms with Gasteiger partial charge in [-0.2, -0.15) is 0 Å². The number of benzene rings is 1. The molecule has 1 aromatic heterocycles. The largest absolute Gasteiger partial charge is 0.495 e. The smallest absolute Gasteiger partial charge is 0.265 e. The first-order chi connectivity index (χ1) is 10.0. The zero-order chi connectivity index (χ0) is 15.4. The highest BCUT2D eigenvalue weighted by atomic mass is 35.5. The molecule has 2 N–H and O–H groups in total. The Kier molecular flexibility index (Phi) is 5.22. The molecule has 0 aliphatic heterocycles. The first-order valence-electron chi connectivity index (χ1n) is 6.38. The van der Waals surface area contributed by atoms with Gasteiger partial charge in [0.25, 0.3) is 5.91 Å². The highest BCUT2D eigenvalue weighted by Crippen LogP contribution is 2.28. The quantitative estimate of drug-likeness (QED) is 0.887. The average molecular weight is 326 g/mol. The first-order valence-corrected chi connectivity index (χ1v) is 7.57. The lowest BCUT2D eigenvalue weighted by Crippen LogP contribution is -2.28. The summed E-state index contributed by atoms with van der Waals surface area (Å²) < 4.78 is 5.16. The molecule has 0 radical (unpaired) electrons. The topological polar surface area (TPSA) is 58.6 Å². The molecule has 2 aromatic rings. The van der Waals surface area contributed by atoms with Gasteiger partial charge in [0.2, 0.25) is 0 Å². The minimum Gasteiger partial charge on any atom is -0.495 e. The lowest BCUT2D eigenvalue weighted by atomic mass is 10.1. The number of halogens is 1. The number of hydrogen-bond acceptors (Lipinski definition) is 4. The van der Waals surface area contributed by atoms with E-state index in [1.54, 1.807) is 24.3 Å². The molecule has 0 saturated heterocycles. The average Bonchev–Trinajstić information content (AvgIpc) is 2.86. The number of carbonyl (C=O) groups is 1. The fourth-order valence-electron chi connectivity index (χ4n) is 1.93. The normalized spacial score (nSPS) is 12.0. The van der Waals surface area contributed by atoms with Gasteiger partial charge in [-0.15, -0.1) is 11.3 Å². The van der Waals surface area contributed by atoms with Crippen molar-refractivity contribution in [2.45, 2.75) is 13.0 Å². The van der Waals surface area contributed by atoms with Crippen molar-refractivity contribution in [3.05, 3.63) is 50.7 Å². The molecular formula is C15H16ClNO3S. The fourth-order valence-corrected chi connectivity index (χ4v) is 3.08. The highest BCUT2D eigenvalue weighted by Gasteiger charge is 2.18. The standard InChI is InChI=1S/C15H16ClNO3S/c1-9-7-13(20-2)14(21-9)15(19)17-8-12(18)10-5-3-4-6-11(10)16/h3-7,12,18H,8H2,1-2H3,(H,17,19). The molecule has 21 heavy (non-hydrogen) atoms. The van der Waals surface area contributed by atoms with Crippen molar-refractivity contribution in [3.8, 4) is 5.75 Å². The molecular weight excluding hydrogens is 310 g/mol. The second-order valence-corrected chi connectivity index (χ2v) is 6.17. The van der Waals surface area contributed by atoms with Crippen LogP contribution in [0.5, 0.6) is 5.75 Å². The van der Waals surface area contributed by atoms with Crippen LogP contribution >= 0.6 is 22.9 Å². The molecule has 112 valence electrons. The van der Waals surface area contributed by atoms with E-state index in [1.165, 1.54) is 18.4 Å². The number of nitrogens with one attached hydrogen (secondary N) is 1. The molecule has 1 atom stereocenters. The summed E-state index contributed by atoms with van der Waals surface area (Å²) in [5, 5.41) is 13.3. The highest BCUT2D eigenvalue weighted by molar-refractivity contribution is 7.14. The second kappa shape index (κ2) is 6.93. The van der Waals surface area contributed by atoms with E-state index < -0.39 is 6.10 Å². The summed E-state index contributed by atoms with van der Waals surface area (Å²) in [6.07, 6.45) is -0.852. The molecule has 6 heteroatoms. The third kappa shape index (κ3) is 3.75. The van der Waals surface area contributed by atoms with Gasteiger partial charge in [0.1, 0.15) is 10.6 Å². The second-order valence-electron chi connectivity index (χ2n) is 4.50. The van der Waals surface area contributed by atoms with Crippen molar-refractivity contribution in [1.82, 2.24) is 5.32 Å². The van der Waals surface area contributed by atoms with Crippen molar-refractivity contribution < 1.29 is 14.6 Å². The van der Waals surface area contributed by atoms with Crippen LogP contribution in [-0.2, 0) is 0 Å². The van der Waals surface area contributed by atoms with Crippen LogP contribution in [0.2, 0.25) is 5.02 Å². The first kappa shape index (κ1) is 15.8. The van der Waals surface area contributed by atoms with E-state index in [9.17, 15) is 9.90 Å². The molecule has 2 rings (SSSR count). The van der Waals surface area contributed by atoms with Crippen LogP contribution in [-0.4, -0.2) is 24.7 Å². The molecule has 0 spiro atoms. The maximum Gasteiger partial charge on any atom is 0.265 e. The van der Waals surface area contributed by atoms with Crippen LogP contribution in [0.15, 0.2) is 30.3 Å². The van der Waals surface area contributed by atoms with E-state index in [1.807, 2.05) is 13.0 Å². The Bertz CT molecular complexity index is 642. The number of amides is 1. The molecule has 0 aliphatic rings. The van der Waals surface area contributed by atoms with Gasteiger partial charge >= 0.3 is 0 Å². The SMILES string of the molecule is COc1cc(C)sc1C(=O)NCC(O)c1ccccc1Cl. The number of rotatable bonds is 5. The Morgan fingerprint density at radius 1 is 1.48 bits per heavy atom. The molecule has 4 nitrogen and oxygen atoms in total. The van der Waals surface area contributed by atoms with Crippen LogP contribution < -0.4 is 10.1 Å². The zero-order valence-corrected chi connectivity index (χ0v) is 13.3. The van der Waals surface area contributed by atoms with Crippen LogP contribution in [0.3, 0.4) is 0 Å². The van der Waals surface area contributed by atoms with E-state index in [4.69, 9.17) is 16.3 Å². The lowest BCUT2D eigenvalue weighted by Gasteiger charge is -2.13. The minimum absolute atomic E-state index is 0.0860. The summed E-state index contributed by atoms with van der Waals surface area (Å²) in [4.78, 5) is 13.6. The summed E-state index contributed by atoms with van der Waals surface area (Å²) in [6, 6.07) is 8.82. The Hall–Kier alpha value is -1.56. The molecule has 1 heterocycles. The summed E-state index contributed by atoms with van der Waals surface area (Å²) in [5.41, 5.74) is 0.591. The molecule has 0 aliphatic carbocycles. The molecule has 0 fully saturated rings. The van der Waals surface area contributed by atoms with Crippen molar-refractivity contribution in [1.29, 1.82) is 0 Å². The molecule has 1 unspecified atom stereocenters. The van der Waals surface area contributed by atoms with Crippen molar-refractivity contribution >= 4 is 28.8 Å². The van der Waals surface area contributed by atoms with Gasteiger partial charge in [-0.3, -0.25) is 4.79 Å². The third-order valence-electron chi connectivity index (χ3n) is 2.97. The van der Waals surface area contributed by atoms with Crippen LogP contribution in [0.25, 0.3) is 0 Å². The van der Waals surface area contributed by atoms with Crippen LogP contribution in [0.4, 0.5) is 0 Å². The van der Waals surface area contributed by atoms with Crippen molar-refractivity contribution in [2.24, 2.45) is 0 Å². The van der Waals surface area contributed by atoms with Crippen molar-refractivity contribution in [2.75, 3.05) is 13.7 Å². The van der Waals surface area contributed by atoms with E-state index in [0.717, 1.165) is 4.88 Å². The lowest BCUT2D eigenvalue weighted by molar-refractivity contribution is 0.0917. The monoisotopic (exact) mass is 325 g/mol. The van der Waals surface area contributed by atoms with Gasteiger partial charge in [-0.1, -0.05) is 29.8 Å². The Balaban J connectivity index is 2.02. The van der Waals surface area contributed by atoms with Gasteiger partial charge in [-0.05, 0) is 19.1 Å². The number of carbonyl (C=O) groups excluding carboxylic acids is 1. The number of thiophene rings is 1. The van der Waals surface area contributed by atoms with Crippen LogP contribution in [0.1, 0.15) is 26.2 Å². The van der Waals surface area contributed by atoms with E-state index in [0.29, 0.717) is 21.2 Å². The van der Waals surface area contributed by atoms with Gasteiger partial charge < -0.3 is 15.2 Å². The van der Waals surface area contributed by atoms with Gasteiger partial charge in [-0.25, -0.2) is 0 Å². The summed E-state index contributed by atoms with van der Waals surface area (Å²) in [6.45, 7) is 1.99. The maximum absolute atomic E-state index is 12.1. The van der Waals surface area contributed by atoms with Crippen LogP contribution in [0, 0.1) is 6.92 Å². The predicted molar refractivity (Wildman–Crippen MR) is 84.4 cm³/mol. The van der Waals surface area contributed by atoms with E-state index >= 15 is 0 Å². The summed E-state index contributed by atoms with van der Waals surface area (Å²) in [7, 11) is 1.52. The Labute approximate surface area is 132 Å². The minimum atomic E-state index is -0.852.